The quantitative estimate of drug-likeness (QED) is 0.691. The monoisotopic (exact) mass is 419 g/mol. The maximum Gasteiger partial charge on any atom is 0.255 e. The molecule has 1 heterocycles. The number of nitrogens with one attached hydrogen (secondary N) is 3. The summed E-state index contributed by atoms with van der Waals surface area (Å²) < 4.78 is 26.8. The van der Waals surface area contributed by atoms with Gasteiger partial charge >= 0.3 is 0 Å². The van der Waals surface area contributed by atoms with Crippen molar-refractivity contribution in [3.63, 3.8) is 0 Å². The standard InChI is InChI=1S/C19H21N3O4S2/c1-12(2)22-28(25,26)15-6-4-14(5-7-15)20-19(24)13-3-8-17-16(11-13)21-18(23)9-10-27-17/h3-8,11-12,22H,9-10H2,1-2H3,(H,20,24)(H,21,23). The van der Waals surface area contributed by atoms with E-state index in [2.05, 4.69) is 15.4 Å². The third kappa shape index (κ3) is 4.92. The second-order valence-electron chi connectivity index (χ2n) is 6.61. The molecule has 1 aliphatic rings. The molecule has 0 saturated heterocycles. The predicted molar refractivity (Wildman–Crippen MR) is 110 cm³/mol. The zero-order valence-electron chi connectivity index (χ0n) is 15.5. The van der Waals surface area contributed by atoms with Gasteiger partial charge in [-0.15, -0.1) is 11.8 Å². The first-order valence-electron chi connectivity index (χ1n) is 8.75. The maximum absolute atomic E-state index is 12.5. The summed E-state index contributed by atoms with van der Waals surface area (Å²) in [6, 6.07) is 10.9. The number of carbonyl (C=O) groups excluding carboxylic acids is 2. The molecule has 2 aromatic rings. The Morgan fingerprint density at radius 3 is 2.54 bits per heavy atom. The van der Waals surface area contributed by atoms with Crippen LogP contribution in [0.3, 0.4) is 0 Å². The Morgan fingerprint density at radius 1 is 1.14 bits per heavy atom. The van der Waals surface area contributed by atoms with E-state index in [-0.39, 0.29) is 22.8 Å². The first kappa shape index (κ1) is 20.4. The summed E-state index contributed by atoms with van der Waals surface area (Å²) in [5, 5.41) is 5.55. The summed E-state index contributed by atoms with van der Waals surface area (Å²) in [6.07, 6.45) is 0.432. The number of hydrogen-bond donors (Lipinski definition) is 3. The van der Waals surface area contributed by atoms with Gasteiger partial charge in [0.05, 0.1) is 10.6 Å². The highest BCUT2D eigenvalue weighted by Gasteiger charge is 2.17. The zero-order valence-corrected chi connectivity index (χ0v) is 17.1. The highest BCUT2D eigenvalue weighted by Crippen LogP contribution is 2.31. The average Bonchev–Trinajstić information content (AvgIpc) is 2.80. The second kappa shape index (κ2) is 8.34. The van der Waals surface area contributed by atoms with Gasteiger partial charge < -0.3 is 10.6 Å². The van der Waals surface area contributed by atoms with Gasteiger partial charge in [-0.2, -0.15) is 0 Å². The summed E-state index contributed by atoms with van der Waals surface area (Å²) in [5.41, 5.74) is 1.50. The number of benzene rings is 2. The van der Waals surface area contributed by atoms with Crippen molar-refractivity contribution in [1.82, 2.24) is 4.72 Å². The van der Waals surface area contributed by atoms with Crippen molar-refractivity contribution in [2.45, 2.75) is 36.1 Å². The van der Waals surface area contributed by atoms with E-state index >= 15 is 0 Å². The lowest BCUT2D eigenvalue weighted by Gasteiger charge is -2.11. The Balaban J connectivity index is 1.74. The van der Waals surface area contributed by atoms with Gasteiger partial charge in [0.25, 0.3) is 5.91 Å². The maximum atomic E-state index is 12.5. The number of thioether (sulfide) groups is 1. The molecular weight excluding hydrogens is 398 g/mol. The molecular formula is C19H21N3O4S2. The molecule has 0 unspecified atom stereocenters. The molecule has 2 aromatic carbocycles. The smallest absolute Gasteiger partial charge is 0.255 e. The molecule has 7 nitrogen and oxygen atoms in total. The molecule has 1 aliphatic heterocycles. The van der Waals surface area contributed by atoms with Crippen LogP contribution in [0.4, 0.5) is 11.4 Å². The summed E-state index contributed by atoms with van der Waals surface area (Å²) in [6.45, 7) is 3.49. The van der Waals surface area contributed by atoms with Crippen molar-refractivity contribution in [3.05, 3.63) is 48.0 Å². The van der Waals surface area contributed by atoms with Crippen LogP contribution in [0.25, 0.3) is 0 Å². The van der Waals surface area contributed by atoms with E-state index in [1.807, 2.05) is 6.07 Å². The highest BCUT2D eigenvalue weighted by atomic mass is 32.2. The minimum absolute atomic E-state index is 0.0735. The number of fused-ring (bicyclic) bond motifs is 1. The van der Waals surface area contributed by atoms with Crippen molar-refractivity contribution in [3.8, 4) is 0 Å². The Labute approximate surface area is 168 Å². The number of amides is 2. The van der Waals surface area contributed by atoms with E-state index in [9.17, 15) is 18.0 Å². The van der Waals surface area contributed by atoms with E-state index in [0.29, 0.717) is 29.1 Å². The van der Waals surface area contributed by atoms with Crippen molar-refractivity contribution >= 4 is 45.0 Å². The third-order valence-corrected chi connectivity index (χ3v) is 6.67. The van der Waals surface area contributed by atoms with E-state index in [4.69, 9.17) is 0 Å². The van der Waals surface area contributed by atoms with Crippen LogP contribution in [0.2, 0.25) is 0 Å². The molecule has 0 spiro atoms. The number of carbonyl (C=O) groups is 2. The zero-order chi connectivity index (χ0) is 20.3. The largest absolute Gasteiger partial charge is 0.325 e. The van der Waals surface area contributed by atoms with Crippen LogP contribution in [0.5, 0.6) is 0 Å². The minimum Gasteiger partial charge on any atom is -0.325 e. The van der Waals surface area contributed by atoms with E-state index in [1.165, 1.54) is 24.3 Å². The molecule has 0 atom stereocenters. The van der Waals surface area contributed by atoms with Gasteiger partial charge in [0.15, 0.2) is 0 Å². The van der Waals surface area contributed by atoms with Crippen LogP contribution in [0.15, 0.2) is 52.3 Å². The Kier molecular flexibility index (Phi) is 6.07. The van der Waals surface area contributed by atoms with E-state index in [1.54, 1.807) is 37.7 Å². The van der Waals surface area contributed by atoms with E-state index < -0.39 is 10.0 Å². The van der Waals surface area contributed by atoms with Gasteiger partial charge in [-0.1, -0.05) is 0 Å². The molecule has 3 N–H and O–H groups in total. The average molecular weight is 420 g/mol. The molecule has 0 aliphatic carbocycles. The molecule has 9 heteroatoms. The normalized spacial score (nSPS) is 14.2. The summed E-state index contributed by atoms with van der Waals surface area (Å²) in [4.78, 5) is 25.3. The van der Waals surface area contributed by atoms with Crippen molar-refractivity contribution in [1.29, 1.82) is 0 Å². The number of anilines is 2. The van der Waals surface area contributed by atoms with Crippen LogP contribution >= 0.6 is 11.8 Å². The molecule has 2 amide bonds. The number of sulfonamides is 1. The lowest BCUT2D eigenvalue weighted by atomic mass is 10.1. The molecule has 0 fully saturated rings. The van der Waals surface area contributed by atoms with E-state index in [0.717, 1.165) is 4.90 Å². The molecule has 28 heavy (non-hydrogen) atoms. The molecule has 0 aromatic heterocycles. The van der Waals surface area contributed by atoms with Gasteiger partial charge in [0, 0.05) is 34.4 Å². The molecule has 148 valence electrons. The lowest BCUT2D eigenvalue weighted by Crippen LogP contribution is -2.30. The fourth-order valence-corrected chi connectivity index (χ4v) is 4.85. The van der Waals surface area contributed by atoms with Crippen LogP contribution in [0, 0.1) is 0 Å². The summed E-state index contributed by atoms with van der Waals surface area (Å²) in [7, 11) is -3.58. The van der Waals surface area contributed by atoms with Gasteiger partial charge in [-0.05, 0) is 56.3 Å². The fraction of sp³-hybridized carbons (Fsp3) is 0.263. The van der Waals surface area contributed by atoms with Crippen LogP contribution in [-0.4, -0.2) is 32.0 Å². The minimum atomic E-state index is -3.58. The van der Waals surface area contributed by atoms with Crippen LogP contribution in [0.1, 0.15) is 30.6 Å². The first-order chi connectivity index (χ1) is 13.2. The lowest BCUT2D eigenvalue weighted by molar-refractivity contribution is -0.115. The van der Waals surface area contributed by atoms with Crippen LogP contribution < -0.4 is 15.4 Å². The predicted octanol–water partition coefficient (Wildman–Crippen LogP) is 3.06. The topological polar surface area (TPSA) is 104 Å². The Hall–Kier alpha value is -2.36. The number of hydrogen-bond acceptors (Lipinski definition) is 5. The molecule has 0 saturated carbocycles. The summed E-state index contributed by atoms with van der Waals surface area (Å²) in [5.74, 6) is 0.281. The van der Waals surface area contributed by atoms with Gasteiger partial charge in [-0.3, -0.25) is 9.59 Å². The molecule has 0 radical (unpaired) electrons. The fourth-order valence-electron chi connectivity index (χ4n) is 2.66. The SMILES string of the molecule is CC(C)NS(=O)(=O)c1ccc(NC(=O)c2ccc3c(c2)NC(=O)CCS3)cc1. The van der Waals surface area contributed by atoms with Gasteiger partial charge in [-0.25, -0.2) is 13.1 Å². The van der Waals surface area contributed by atoms with Gasteiger partial charge in [0.2, 0.25) is 15.9 Å². The highest BCUT2D eigenvalue weighted by molar-refractivity contribution is 7.99. The van der Waals surface area contributed by atoms with Gasteiger partial charge in [0.1, 0.15) is 0 Å². The first-order valence-corrected chi connectivity index (χ1v) is 11.2. The second-order valence-corrected chi connectivity index (χ2v) is 9.46. The van der Waals surface area contributed by atoms with Crippen molar-refractivity contribution in [2.24, 2.45) is 0 Å². The Bertz CT molecular complexity index is 1000. The third-order valence-electron chi connectivity index (χ3n) is 3.92. The Morgan fingerprint density at radius 2 is 1.86 bits per heavy atom. The van der Waals surface area contributed by atoms with Crippen LogP contribution in [-0.2, 0) is 14.8 Å². The number of rotatable bonds is 5. The summed E-state index contributed by atoms with van der Waals surface area (Å²) >= 11 is 1.57. The molecule has 3 rings (SSSR count). The molecule has 0 bridgehead atoms. The van der Waals surface area contributed by atoms with Crippen molar-refractivity contribution < 1.29 is 18.0 Å². The van der Waals surface area contributed by atoms with Crippen molar-refractivity contribution in [2.75, 3.05) is 16.4 Å².